The van der Waals surface area contributed by atoms with Crippen LogP contribution in [0.4, 0.5) is 11.9 Å². The van der Waals surface area contributed by atoms with Gasteiger partial charge in [0.25, 0.3) is 17.1 Å². The van der Waals surface area contributed by atoms with Gasteiger partial charge in [0.05, 0.1) is 26.6 Å². The normalized spacial score (nSPS) is 31.2. The van der Waals surface area contributed by atoms with E-state index in [0.29, 0.717) is 0 Å². The highest BCUT2D eigenvalue weighted by Crippen LogP contribution is 2.68. The molecule has 2 fully saturated rings. The van der Waals surface area contributed by atoms with Crippen molar-refractivity contribution in [1.29, 1.82) is 0 Å². The lowest BCUT2D eigenvalue weighted by Gasteiger charge is -2.25. The molecule has 2 saturated heterocycles. The fourth-order valence-corrected chi connectivity index (χ4v) is 9.22. The fourth-order valence-electron chi connectivity index (χ4n) is 5.70. The summed E-state index contributed by atoms with van der Waals surface area (Å²) in [7, 11) is -16.0. The molecule has 13 N–H and O–H groups in total. The number of nitrogen functional groups attached to an aromatic ring is 2. The number of aliphatic hydroxyl groups excluding tert-OH is 3. The van der Waals surface area contributed by atoms with Gasteiger partial charge in [-0.2, -0.15) is 13.6 Å². The van der Waals surface area contributed by atoms with E-state index in [1.807, 2.05) is 0 Å². The van der Waals surface area contributed by atoms with E-state index in [-0.39, 0.29) is 34.2 Å². The number of hydrogen-bond acceptors (Lipinski definition) is 20. The van der Waals surface area contributed by atoms with Crippen LogP contribution in [-0.4, -0.2) is 118 Å². The van der Waals surface area contributed by atoms with Crippen LogP contribution in [0.1, 0.15) is 19.4 Å². The maximum Gasteiger partial charge on any atom is 0.490 e. The zero-order chi connectivity index (χ0) is 39.0. The van der Waals surface area contributed by atoms with Crippen molar-refractivity contribution in [3.05, 3.63) is 33.4 Å². The quantitative estimate of drug-likeness (QED) is 0.0477. The van der Waals surface area contributed by atoms with E-state index in [4.69, 9.17) is 20.9 Å². The number of H-pyrrole nitrogens is 2. The average molecular weight is 817 g/mol. The molecule has 0 saturated carbocycles. The molecular formula is C22H32N10O18P3+. The Labute approximate surface area is 292 Å². The molecule has 0 spiro atoms. The summed E-state index contributed by atoms with van der Waals surface area (Å²) in [6.07, 6.45) is -9.41. The van der Waals surface area contributed by atoms with Gasteiger partial charge in [0, 0.05) is 0 Å². The molecule has 3 unspecified atom stereocenters. The van der Waals surface area contributed by atoms with Crippen molar-refractivity contribution in [2.45, 2.75) is 55.5 Å². The van der Waals surface area contributed by atoms with Crippen LogP contribution in [0, 0.1) is 0 Å². The van der Waals surface area contributed by atoms with Crippen LogP contribution in [0.3, 0.4) is 0 Å². The van der Waals surface area contributed by atoms with Crippen molar-refractivity contribution in [1.82, 2.24) is 34.1 Å². The second-order valence-electron chi connectivity index (χ2n) is 11.9. The highest BCUT2D eigenvalue weighted by Gasteiger charge is 2.56. The maximum absolute atomic E-state index is 12.6. The Bertz CT molecular complexity index is 2330. The van der Waals surface area contributed by atoms with Gasteiger partial charge in [-0.25, -0.2) is 23.2 Å². The van der Waals surface area contributed by atoms with Crippen molar-refractivity contribution in [3.63, 3.8) is 0 Å². The summed E-state index contributed by atoms with van der Waals surface area (Å²) >= 11 is 0. The Morgan fingerprint density at radius 2 is 1.51 bits per heavy atom. The number of aromatic amines is 2. The number of nitrogens with one attached hydrogen (secondary N) is 2. The smallest absolute Gasteiger partial charge is 0.387 e. The first kappa shape index (κ1) is 39.2. The zero-order valence-electron chi connectivity index (χ0n) is 26.9. The number of ether oxygens (including phenoxy) is 2. The number of rotatable bonds is 12. The summed E-state index contributed by atoms with van der Waals surface area (Å²) in [5, 5.41) is 42.8. The van der Waals surface area contributed by atoms with E-state index in [1.165, 1.54) is 17.9 Å². The number of aromatic nitrogens is 8. The number of fused-ring (bicyclic) bond motifs is 2. The first-order chi connectivity index (χ1) is 24.5. The Morgan fingerprint density at radius 3 is 2.15 bits per heavy atom. The van der Waals surface area contributed by atoms with Crippen LogP contribution >= 0.6 is 23.5 Å². The van der Waals surface area contributed by atoms with Crippen LogP contribution < -0.4 is 27.2 Å². The number of aliphatic hydroxyl groups is 4. The molecule has 6 heterocycles. The van der Waals surface area contributed by atoms with Gasteiger partial charge in [0.15, 0.2) is 23.7 Å². The van der Waals surface area contributed by atoms with E-state index in [9.17, 15) is 58.4 Å². The van der Waals surface area contributed by atoms with E-state index in [1.54, 1.807) is 0 Å². The summed E-state index contributed by atoms with van der Waals surface area (Å²) in [4.78, 5) is 70.9. The van der Waals surface area contributed by atoms with Crippen LogP contribution in [0.25, 0.3) is 22.3 Å². The minimum absolute atomic E-state index is 0.00390. The molecule has 0 radical (unpaired) electrons. The molecule has 0 bridgehead atoms. The summed E-state index contributed by atoms with van der Waals surface area (Å²) in [6, 6.07) is 0. The summed E-state index contributed by atoms with van der Waals surface area (Å²) < 4.78 is 69.5. The number of phosphoric ester groups is 2. The summed E-state index contributed by atoms with van der Waals surface area (Å²) in [5.74, 6) is -0.595. The maximum atomic E-state index is 12.6. The molecule has 0 amide bonds. The molecule has 4 aromatic heterocycles. The van der Waals surface area contributed by atoms with Crippen molar-refractivity contribution in [2.24, 2.45) is 7.05 Å². The Morgan fingerprint density at radius 1 is 0.925 bits per heavy atom. The summed E-state index contributed by atoms with van der Waals surface area (Å²) in [6.45, 7) is -1.07. The zero-order valence-corrected chi connectivity index (χ0v) is 29.6. The third-order valence-corrected chi connectivity index (χ3v) is 12.3. The topological polar surface area (TPSA) is 418 Å². The van der Waals surface area contributed by atoms with Gasteiger partial charge in [-0.05, 0) is 6.92 Å². The number of anilines is 2. The van der Waals surface area contributed by atoms with E-state index in [0.717, 1.165) is 22.4 Å². The second-order valence-corrected chi connectivity index (χ2v) is 16.6. The first-order valence-electron chi connectivity index (χ1n) is 14.8. The van der Waals surface area contributed by atoms with Crippen LogP contribution in [0.2, 0.25) is 0 Å². The average Bonchev–Trinajstić information content (AvgIpc) is 3.72. The van der Waals surface area contributed by atoms with Gasteiger partial charge in [0.1, 0.15) is 36.1 Å². The molecule has 292 valence electrons. The molecule has 2 aliphatic rings. The third-order valence-electron chi connectivity index (χ3n) is 8.08. The number of imidazole rings is 2. The number of nitrogens with zero attached hydrogens (tertiary/aromatic N) is 6. The molecule has 0 aromatic carbocycles. The van der Waals surface area contributed by atoms with Gasteiger partial charge < -0.3 is 56.0 Å². The molecule has 6 rings (SSSR count). The molecular weight excluding hydrogens is 785 g/mol. The lowest BCUT2D eigenvalue weighted by Crippen LogP contribution is -2.53. The molecule has 0 aliphatic carbocycles. The highest BCUT2D eigenvalue weighted by atomic mass is 31.3. The van der Waals surface area contributed by atoms with Crippen molar-refractivity contribution < 1.29 is 80.5 Å². The van der Waals surface area contributed by atoms with Crippen molar-refractivity contribution >= 4 is 57.7 Å². The van der Waals surface area contributed by atoms with Crippen molar-refractivity contribution in [3.8, 4) is 0 Å². The number of phosphoric acid groups is 3. The van der Waals surface area contributed by atoms with Crippen LogP contribution in [0.15, 0.2) is 22.2 Å². The summed E-state index contributed by atoms with van der Waals surface area (Å²) in [5.41, 5.74) is 7.22. The standard InChI is InChI=1S/C22H31N10O18P3/c1-22(38)13(35)8(48-19(22)32-6-30(2)10-15(32)27-21(24)29-17(10)37)4-46-52(41,42)50-53(43,44)49-51(39,40)45-3-7-11(33)12(34)18(47-7)31-5-25-9-14(31)26-20(23)28-16(9)36/h5-8,11-13,18-19,33-35,38H,3-4H2,1-2H3,(H8-,23,24,26,27,28,29,36,37,39,40,41,42,43,44)/p+1/t7-,8-,11-,12-,13-,18-,19-,22-/m1/s1. The van der Waals surface area contributed by atoms with Crippen LogP contribution in [0.5, 0.6) is 0 Å². The highest BCUT2D eigenvalue weighted by molar-refractivity contribution is 7.66. The largest absolute Gasteiger partial charge is 0.490 e. The lowest BCUT2D eigenvalue weighted by molar-refractivity contribution is -0.752. The molecule has 31 heteroatoms. The monoisotopic (exact) mass is 817 g/mol. The molecule has 4 aromatic rings. The Hall–Kier alpha value is -3.53. The molecule has 11 atom stereocenters. The number of nitrogens with two attached hydrogens (primary N) is 2. The fraction of sp³-hybridized carbons (Fsp3) is 0.545. The SMILES string of the molecule is Cn1c[n+]([C@@H]2O[C@H](COP(=O)(O)OP(=O)(O)OP(=O)(O)OC[C@H]3O[C@@H](n4cnc5c(=O)[nH]c(N)nc54)[C@H](O)[C@@H]3O)[C@@H](O)[C@@]2(C)O)c2nc(N)[nH]c(=O)c21. The molecule has 53 heavy (non-hydrogen) atoms. The van der Waals surface area contributed by atoms with Crippen molar-refractivity contribution in [2.75, 3.05) is 24.7 Å². The van der Waals surface area contributed by atoms with E-state index >= 15 is 0 Å². The van der Waals surface area contributed by atoms with E-state index in [2.05, 4.69) is 42.6 Å². The Balaban J connectivity index is 1.06. The van der Waals surface area contributed by atoms with Gasteiger partial charge in [-0.3, -0.25) is 37.7 Å². The van der Waals surface area contributed by atoms with Gasteiger partial charge in [0.2, 0.25) is 17.7 Å². The predicted octanol–water partition coefficient (Wildman–Crippen LogP) is -4.16. The van der Waals surface area contributed by atoms with E-state index < -0.39 is 96.4 Å². The first-order valence-corrected chi connectivity index (χ1v) is 19.2. The third kappa shape index (κ3) is 7.59. The predicted molar refractivity (Wildman–Crippen MR) is 169 cm³/mol. The second kappa shape index (κ2) is 13.6. The lowest BCUT2D eigenvalue weighted by atomic mass is 9.96. The van der Waals surface area contributed by atoms with Gasteiger partial charge in [-0.15, -0.1) is 0 Å². The van der Waals surface area contributed by atoms with Gasteiger partial charge >= 0.3 is 29.1 Å². The minimum Gasteiger partial charge on any atom is -0.387 e. The number of hydrogen-bond donors (Lipinski definition) is 11. The molecule has 2 aliphatic heterocycles. The van der Waals surface area contributed by atoms with Crippen LogP contribution in [-0.2, 0) is 47.9 Å². The molecule has 28 nitrogen and oxygen atoms in total. The Kier molecular flexibility index (Phi) is 10.1. The van der Waals surface area contributed by atoms with Gasteiger partial charge in [-0.1, -0.05) is 4.98 Å². The number of aryl methyl sites for hydroxylation is 1. The minimum atomic E-state index is -6.02.